The summed E-state index contributed by atoms with van der Waals surface area (Å²) in [6, 6.07) is -0.286. The number of quaternary nitrogens is 1. The molecule has 10 N–H and O–H groups in total. The van der Waals surface area contributed by atoms with Crippen LogP contribution in [0.2, 0.25) is 0 Å². The van der Waals surface area contributed by atoms with Gasteiger partial charge in [0, 0.05) is 12.1 Å². The monoisotopic (exact) mass is 437 g/mol. The maximum Gasteiger partial charge on any atom is 0.351 e. The smallest absolute Gasteiger partial charge is 0.351 e. The van der Waals surface area contributed by atoms with Gasteiger partial charge in [0.15, 0.2) is 12.3 Å². The van der Waals surface area contributed by atoms with Gasteiger partial charge in [-0.3, -0.25) is 25.4 Å². The highest BCUT2D eigenvalue weighted by Gasteiger charge is 2.34. The molecule has 0 radical (unpaired) electrons. The van der Waals surface area contributed by atoms with Crippen molar-refractivity contribution < 1.29 is 29.7 Å². The van der Waals surface area contributed by atoms with E-state index in [0.717, 1.165) is 4.57 Å². The molecule has 0 bridgehead atoms. The Balaban J connectivity index is 2.09. The van der Waals surface area contributed by atoms with Gasteiger partial charge in [-0.15, -0.1) is 0 Å². The van der Waals surface area contributed by atoms with E-state index < -0.39 is 42.0 Å². The minimum Gasteiger partial charge on any atom is -0.547 e. The fourth-order valence-electron chi connectivity index (χ4n) is 2.96. The number of hydrogen-bond donors (Lipinski definition) is 5. The Bertz CT molecular complexity index is 939. The molecule has 0 fully saturated rings. The lowest BCUT2D eigenvalue weighted by atomic mass is 9.97. The van der Waals surface area contributed by atoms with Crippen molar-refractivity contribution in [1.29, 1.82) is 0 Å². The Morgan fingerprint density at radius 3 is 2.68 bits per heavy atom. The van der Waals surface area contributed by atoms with Crippen LogP contribution < -0.4 is 39.0 Å². The molecule has 0 aliphatic carbocycles. The zero-order valence-electron chi connectivity index (χ0n) is 17.4. The topological polar surface area (TPSA) is 222 Å². The van der Waals surface area contributed by atoms with Gasteiger partial charge in [0.2, 0.25) is 0 Å². The average Bonchev–Trinajstić information content (AvgIpc) is 2.71. The van der Waals surface area contributed by atoms with E-state index in [1.165, 1.54) is 24.4 Å². The van der Waals surface area contributed by atoms with Gasteiger partial charge in [0.25, 0.3) is 5.91 Å². The summed E-state index contributed by atoms with van der Waals surface area (Å²) in [5.74, 6) is -1.93. The Labute approximate surface area is 178 Å². The van der Waals surface area contributed by atoms with Crippen LogP contribution in [0.4, 0.5) is 5.82 Å². The van der Waals surface area contributed by atoms with Crippen LogP contribution in [0.25, 0.3) is 0 Å². The SMILES string of the molecule is CC(CC[N+](C)=C(N)N)[C@H]([NH3+])C(=O)N[C@H]1C=C[C@H](n2ccc(N)nc2=O)O[C@@H]1C(=O)[O-]. The van der Waals surface area contributed by atoms with Crippen LogP contribution in [0, 0.1) is 5.92 Å². The third-order valence-electron chi connectivity index (χ3n) is 5.15. The Kier molecular flexibility index (Phi) is 7.72. The van der Waals surface area contributed by atoms with Crippen LogP contribution in [0.15, 0.2) is 29.2 Å². The van der Waals surface area contributed by atoms with E-state index in [1.54, 1.807) is 11.6 Å². The summed E-state index contributed by atoms with van der Waals surface area (Å²) in [5.41, 5.74) is 19.6. The lowest BCUT2D eigenvalue weighted by Crippen LogP contribution is -2.71. The van der Waals surface area contributed by atoms with Crippen molar-refractivity contribution in [3.05, 3.63) is 34.9 Å². The van der Waals surface area contributed by atoms with Crippen LogP contribution in [0.3, 0.4) is 0 Å². The zero-order chi connectivity index (χ0) is 23.3. The quantitative estimate of drug-likeness (QED) is 0.113. The second-order valence-electron chi connectivity index (χ2n) is 7.45. The molecule has 0 saturated carbocycles. The van der Waals surface area contributed by atoms with Crippen LogP contribution >= 0.6 is 0 Å². The number of anilines is 1. The van der Waals surface area contributed by atoms with Crippen molar-refractivity contribution in [2.24, 2.45) is 17.4 Å². The summed E-state index contributed by atoms with van der Waals surface area (Å²) in [4.78, 5) is 39.8. The molecule has 1 aliphatic rings. The van der Waals surface area contributed by atoms with E-state index in [-0.39, 0.29) is 17.7 Å². The first-order chi connectivity index (χ1) is 14.5. The molecule has 13 heteroatoms. The van der Waals surface area contributed by atoms with Crippen molar-refractivity contribution in [1.82, 2.24) is 14.9 Å². The standard InChI is InChI=1S/C18H28N8O5/c1-9(5-7-25(2)17(21)22)13(20)15(27)23-10-3-4-12(31-14(10)16(28)29)26-8-6-11(19)24-18(26)30/h3-4,6,8-10,12-14H,5,7,20H2,1-2H3,(H7,19,21,22,23,24,27,28,29,30)/p+1/t9?,10-,12+,13-,14-/m0/s1. The molecule has 5 atom stereocenters. The molecule has 0 spiro atoms. The number of hydrogen-bond acceptors (Lipinski definition) is 7. The Morgan fingerprint density at radius 2 is 2.10 bits per heavy atom. The molecule has 1 aliphatic heterocycles. The summed E-state index contributed by atoms with van der Waals surface area (Å²) < 4.78 is 8.20. The predicted molar refractivity (Wildman–Crippen MR) is 108 cm³/mol. The normalized spacial score (nSPS) is 22.4. The number of ether oxygens (including phenoxy) is 1. The van der Waals surface area contributed by atoms with Crippen LogP contribution in [-0.2, 0) is 14.3 Å². The molecule has 1 aromatic rings. The van der Waals surface area contributed by atoms with Crippen LogP contribution in [0.1, 0.15) is 19.6 Å². The summed E-state index contributed by atoms with van der Waals surface area (Å²) >= 11 is 0. The average molecular weight is 437 g/mol. The number of rotatable bonds is 8. The van der Waals surface area contributed by atoms with Gasteiger partial charge in [-0.05, 0) is 18.6 Å². The highest BCUT2D eigenvalue weighted by molar-refractivity contribution is 5.82. The number of carboxylic acids is 1. The van der Waals surface area contributed by atoms with Crippen molar-refractivity contribution >= 4 is 23.7 Å². The van der Waals surface area contributed by atoms with Crippen molar-refractivity contribution in [3.8, 4) is 0 Å². The number of aromatic nitrogens is 2. The minimum atomic E-state index is -1.54. The number of carboxylic acid groups (broad SMARTS) is 1. The molecule has 0 aromatic carbocycles. The number of carbonyl (C=O) groups excluding carboxylic acids is 2. The van der Waals surface area contributed by atoms with Crippen molar-refractivity contribution in [2.45, 2.75) is 37.8 Å². The highest BCUT2D eigenvalue weighted by atomic mass is 16.5. The number of guanidine groups is 1. The van der Waals surface area contributed by atoms with Crippen LogP contribution in [-0.4, -0.2) is 63.7 Å². The van der Waals surface area contributed by atoms with Gasteiger partial charge < -0.3 is 31.4 Å². The van der Waals surface area contributed by atoms with Gasteiger partial charge in [-0.2, -0.15) is 4.98 Å². The first kappa shape index (κ1) is 23.8. The fourth-order valence-corrected chi connectivity index (χ4v) is 2.96. The molecule has 1 unspecified atom stereocenters. The molecule has 2 heterocycles. The highest BCUT2D eigenvalue weighted by Crippen LogP contribution is 2.20. The zero-order valence-corrected chi connectivity index (χ0v) is 17.4. The van der Waals surface area contributed by atoms with Crippen molar-refractivity contribution in [3.63, 3.8) is 0 Å². The molecule has 31 heavy (non-hydrogen) atoms. The van der Waals surface area contributed by atoms with Gasteiger partial charge in [0.05, 0.1) is 25.6 Å². The van der Waals surface area contributed by atoms with Gasteiger partial charge in [-0.25, -0.2) is 4.79 Å². The van der Waals surface area contributed by atoms with E-state index in [0.29, 0.717) is 13.0 Å². The fraction of sp³-hybridized carbons (Fsp3) is 0.500. The van der Waals surface area contributed by atoms with Gasteiger partial charge in [0.1, 0.15) is 11.9 Å². The van der Waals surface area contributed by atoms with Crippen LogP contribution in [0.5, 0.6) is 0 Å². The van der Waals surface area contributed by atoms with Gasteiger partial charge >= 0.3 is 11.6 Å². The number of nitrogens with one attached hydrogen (secondary N) is 1. The van der Waals surface area contributed by atoms with E-state index in [2.05, 4.69) is 16.0 Å². The third kappa shape index (κ3) is 6.02. The molecule has 13 nitrogen and oxygen atoms in total. The molecule has 170 valence electrons. The lowest BCUT2D eigenvalue weighted by Gasteiger charge is -2.34. The van der Waals surface area contributed by atoms with E-state index in [4.69, 9.17) is 21.9 Å². The summed E-state index contributed by atoms with van der Waals surface area (Å²) in [7, 11) is 1.73. The third-order valence-corrected chi connectivity index (χ3v) is 5.15. The molecule has 2 rings (SSSR count). The number of aliphatic carboxylic acids is 1. The summed E-state index contributed by atoms with van der Waals surface area (Å²) in [6.07, 6.45) is 2.24. The number of nitrogens with zero attached hydrogens (tertiary/aromatic N) is 3. The summed E-state index contributed by atoms with van der Waals surface area (Å²) in [6.45, 7) is 2.38. The number of carbonyl (C=O) groups is 2. The molecule has 1 amide bonds. The second kappa shape index (κ2) is 10.0. The number of nitrogens with two attached hydrogens (primary N) is 3. The van der Waals surface area contributed by atoms with Crippen molar-refractivity contribution in [2.75, 3.05) is 19.3 Å². The number of nitrogen functional groups attached to an aromatic ring is 1. The molecule has 0 saturated heterocycles. The molecular formula is C18H29N8O5+. The maximum atomic E-state index is 12.6. The molecular weight excluding hydrogens is 408 g/mol. The second-order valence-corrected chi connectivity index (χ2v) is 7.45. The Hall–Kier alpha value is -3.45. The minimum absolute atomic E-state index is 0.0245. The predicted octanol–water partition coefficient (Wildman–Crippen LogP) is -4.93. The first-order valence-corrected chi connectivity index (χ1v) is 9.63. The Morgan fingerprint density at radius 1 is 1.42 bits per heavy atom. The van der Waals surface area contributed by atoms with E-state index in [9.17, 15) is 19.5 Å². The largest absolute Gasteiger partial charge is 0.547 e. The maximum absolute atomic E-state index is 12.6. The van der Waals surface area contributed by atoms with E-state index in [1.807, 2.05) is 6.92 Å². The number of amides is 1. The molecule has 1 aromatic heterocycles. The van der Waals surface area contributed by atoms with Gasteiger partial charge in [-0.1, -0.05) is 13.0 Å². The first-order valence-electron chi connectivity index (χ1n) is 9.63. The lowest BCUT2D eigenvalue weighted by molar-refractivity contribution is -0.503. The summed E-state index contributed by atoms with van der Waals surface area (Å²) in [5, 5.41) is 14.2. The van der Waals surface area contributed by atoms with E-state index >= 15 is 0 Å².